The summed E-state index contributed by atoms with van der Waals surface area (Å²) in [4.78, 5) is 4.81. The Bertz CT molecular complexity index is 231. The lowest BCUT2D eigenvalue weighted by Crippen LogP contribution is -1.87. The van der Waals surface area contributed by atoms with Crippen molar-refractivity contribution >= 4 is 6.21 Å². The SMILES string of the molecule is CCON=CCc1[c]cccc1. The molecule has 0 unspecified atom stereocenters. The summed E-state index contributed by atoms with van der Waals surface area (Å²) < 4.78 is 0. The van der Waals surface area contributed by atoms with Crippen LogP contribution in [0.25, 0.3) is 0 Å². The number of hydrogen-bond donors (Lipinski definition) is 0. The van der Waals surface area contributed by atoms with E-state index in [4.69, 9.17) is 4.84 Å². The molecule has 1 radical (unpaired) electrons. The van der Waals surface area contributed by atoms with E-state index in [2.05, 4.69) is 11.2 Å². The predicted molar refractivity (Wildman–Crippen MR) is 49.1 cm³/mol. The van der Waals surface area contributed by atoms with Gasteiger partial charge in [-0.05, 0) is 18.6 Å². The first-order valence-corrected chi connectivity index (χ1v) is 4.03. The van der Waals surface area contributed by atoms with Gasteiger partial charge in [0, 0.05) is 12.6 Å². The molecule has 0 saturated carbocycles. The van der Waals surface area contributed by atoms with E-state index in [9.17, 15) is 0 Å². The fraction of sp³-hybridized carbons (Fsp3) is 0.300. The Labute approximate surface area is 72.9 Å². The molecule has 1 aromatic rings. The van der Waals surface area contributed by atoms with Gasteiger partial charge >= 0.3 is 0 Å². The molecular weight excluding hydrogens is 150 g/mol. The average Bonchev–Trinajstić information content (AvgIpc) is 2.14. The second-order valence-corrected chi connectivity index (χ2v) is 2.30. The number of hydrogen-bond acceptors (Lipinski definition) is 2. The van der Waals surface area contributed by atoms with E-state index < -0.39 is 0 Å². The maximum absolute atomic E-state index is 4.81. The van der Waals surface area contributed by atoms with Crippen LogP contribution in [-0.4, -0.2) is 12.8 Å². The molecule has 0 bridgehead atoms. The molecule has 0 aromatic heterocycles. The van der Waals surface area contributed by atoms with Crippen LogP contribution in [0.15, 0.2) is 29.4 Å². The van der Waals surface area contributed by atoms with Gasteiger partial charge in [0.1, 0.15) is 6.61 Å². The summed E-state index contributed by atoms with van der Waals surface area (Å²) in [5.41, 5.74) is 1.13. The van der Waals surface area contributed by atoms with Gasteiger partial charge in [-0.15, -0.1) is 0 Å². The van der Waals surface area contributed by atoms with Crippen molar-refractivity contribution in [2.24, 2.45) is 5.16 Å². The third kappa shape index (κ3) is 3.19. The maximum atomic E-state index is 4.81. The van der Waals surface area contributed by atoms with Crippen molar-refractivity contribution in [2.75, 3.05) is 6.61 Å². The molecule has 0 aliphatic heterocycles. The molecule has 63 valence electrons. The van der Waals surface area contributed by atoms with E-state index in [1.54, 1.807) is 6.21 Å². The van der Waals surface area contributed by atoms with Crippen LogP contribution in [-0.2, 0) is 11.3 Å². The van der Waals surface area contributed by atoms with E-state index in [1.807, 2.05) is 31.2 Å². The maximum Gasteiger partial charge on any atom is 0.114 e. The lowest BCUT2D eigenvalue weighted by Gasteiger charge is -1.93. The van der Waals surface area contributed by atoms with Crippen molar-refractivity contribution in [2.45, 2.75) is 13.3 Å². The highest BCUT2D eigenvalue weighted by Gasteiger charge is 1.86. The van der Waals surface area contributed by atoms with Gasteiger partial charge in [-0.3, -0.25) is 0 Å². The van der Waals surface area contributed by atoms with E-state index in [1.165, 1.54) is 0 Å². The van der Waals surface area contributed by atoms with Crippen LogP contribution in [0.1, 0.15) is 12.5 Å². The lowest BCUT2D eigenvalue weighted by molar-refractivity contribution is 0.160. The van der Waals surface area contributed by atoms with Gasteiger partial charge in [0.2, 0.25) is 0 Å². The van der Waals surface area contributed by atoms with Crippen LogP contribution >= 0.6 is 0 Å². The molecule has 0 aliphatic rings. The largest absolute Gasteiger partial charge is 0.396 e. The summed E-state index contributed by atoms with van der Waals surface area (Å²) in [6.45, 7) is 2.53. The minimum absolute atomic E-state index is 0.620. The quantitative estimate of drug-likeness (QED) is 0.490. The van der Waals surface area contributed by atoms with Crippen molar-refractivity contribution in [3.8, 4) is 0 Å². The minimum atomic E-state index is 0.620. The summed E-state index contributed by atoms with van der Waals surface area (Å²) >= 11 is 0. The molecule has 1 rings (SSSR count). The molecular formula is C10H12NO. The fourth-order valence-electron chi connectivity index (χ4n) is 0.820. The van der Waals surface area contributed by atoms with Gasteiger partial charge < -0.3 is 4.84 Å². The Hall–Kier alpha value is -1.31. The third-order valence-corrected chi connectivity index (χ3v) is 1.36. The van der Waals surface area contributed by atoms with E-state index in [0.29, 0.717) is 6.61 Å². The highest BCUT2D eigenvalue weighted by Crippen LogP contribution is 1.96. The van der Waals surface area contributed by atoms with Crippen LogP contribution in [0, 0.1) is 6.07 Å². The second-order valence-electron chi connectivity index (χ2n) is 2.30. The van der Waals surface area contributed by atoms with Crippen molar-refractivity contribution in [1.82, 2.24) is 0 Å². The highest BCUT2D eigenvalue weighted by atomic mass is 16.6. The number of rotatable bonds is 4. The van der Waals surface area contributed by atoms with Crippen molar-refractivity contribution in [3.63, 3.8) is 0 Å². The standard InChI is InChI=1S/C10H12NO/c1-2-12-11-9-8-10-6-4-3-5-7-10/h3-6,9H,2,8H2,1H3. The summed E-state index contributed by atoms with van der Waals surface area (Å²) in [7, 11) is 0. The first-order valence-electron chi connectivity index (χ1n) is 4.03. The molecule has 2 nitrogen and oxygen atoms in total. The average molecular weight is 162 g/mol. The fourth-order valence-corrected chi connectivity index (χ4v) is 0.820. The highest BCUT2D eigenvalue weighted by molar-refractivity contribution is 5.60. The smallest absolute Gasteiger partial charge is 0.114 e. The van der Waals surface area contributed by atoms with Gasteiger partial charge in [0.25, 0.3) is 0 Å². The summed E-state index contributed by atoms with van der Waals surface area (Å²) in [6, 6.07) is 10.9. The number of nitrogens with zero attached hydrogens (tertiary/aromatic N) is 1. The van der Waals surface area contributed by atoms with E-state index in [-0.39, 0.29) is 0 Å². The van der Waals surface area contributed by atoms with Crippen molar-refractivity contribution in [3.05, 3.63) is 35.9 Å². The number of benzene rings is 1. The normalized spacial score (nSPS) is 10.4. The molecule has 0 atom stereocenters. The van der Waals surface area contributed by atoms with Crippen LogP contribution in [0.2, 0.25) is 0 Å². The molecule has 1 aromatic carbocycles. The van der Waals surface area contributed by atoms with Gasteiger partial charge in [-0.1, -0.05) is 29.4 Å². The molecule has 12 heavy (non-hydrogen) atoms. The summed E-state index contributed by atoms with van der Waals surface area (Å²) in [5, 5.41) is 3.74. The second kappa shape index (κ2) is 5.35. The van der Waals surface area contributed by atoms with Crippen molar-refractivity contribution < 1.29 is 4.84 Å². The van der Waals surface area contributed by atoms with Crippen molar-refractivity contribution in [1.29, 1.82) is 0 Å². The Morgan fingerprint density at radius 3 is 3.17 bits per heavy atom. The Kier molecular flexibility index (Phi) is 3.92. The molecule has 2 heteroatoms. The van der Waals surface area contributed by atoms with E-state index in [0.717, 1.165) is 12.0 Å². The Morgan fingerprint density at radius 1 is 1.58 bits per heavy atom. The molecule has 0 N–H and O–H groups in total. The zero-order valence-corrected chi connectivity index (χ0v) is 7.16. The first-order chi connectivity index (χ1) is 5.93. The van der Waals surface area contributed by atoms with Crippen LogP contribution < -0.4 is 0 Å². The molecule has 0 spiro atoms. The number of oxime groups is 1. The Morgan fingerprint density at radius 2 is 2.50 bits per heavy atom. The molecule has 0 fully saturated rings. The molecule has 0 amide bonds. The van der Waals surface area contributed by atoms with Crippen LogP contribution in [0.4, 0.5) is 0 Å². The van der Waals surface area contributed by atoms with Gasteiger partial charge in [0.15, 0.2) is 0 Å². The Balaban J connectivity index is 2.33. The van der Waals surface area contributed by atoms with Gasteiger partial charge in [-0.2, -0.15) is 0 Å². The molecule has 0 saturated heterocycles. The zero-order chi connectivity index (χ0) is 8.65. The summed E-state index contributed by atoms with van der Waals surface area (Å²) in [5.74, 6) is 0. The molecule has 0 aliphatic carbocycles. The van der Waals surface area contributed by atoms with Crippen LogP contribution in [0.5, 0.6) is 0 Å². The topological polar surface area (TPSA) is 21.6 Å². The first kappa shape index (κ1) is 8.78. The van der Waals surface area contributed by atoms with Crippen LogP contribution in [0.3, 0.4) is 0 Å². The minimum Gasteiger partial charge on any atom is -0.396 e. The summed E-state index contributed by atoms with van der Waals surface area (Å²) in [6.07, 6.45) is 2.52. The third-order valence-electron chi connectivity index (χ3n) is 1.36. The zero-order valence-electron chi connectivity index (χ0n) is 7.16. The van der Waals surface area contributed by atoms with Gasteiger partial charge in [0.05, 0.1) is 0 Å². The lowest BCUT2D eigenvalue weighted by atomic mass is 10.2. The molecule has 0 heterocycles. The monoisotopic (exact) mass is 162 g/mol. The van der Waals surface area contributed by atoms with Gasteiger partial charge in [-0.25, -0.2) is 0 Å². The van der Waals surface area contributed by atoms with E-state index >= 15 is 0 Å². The predicted octanol–water partition coefficient (Wildman–Crippen LogP) is 2.05.